The van der Waals surface area contributed by atoms with E-state index in [1.54, 1.807) is 30.4 Å². The van der Waals surface area contributed by atoms with Gasteiger partial charge in [0.05, 0.1) is 48.5 Å². The molecule has 12 nitrogen and oxygen atoms in total. The summed E-state index contributed by atoms with van der Waals surface area (Å²) in [4.78, 5) is 62.9. The maximum absolute atomic E-state index is 12.0. The summed E-state index contributed by atoms with van der Waals surface area (Å²) in [5.74, 6) is -4.94. The molecule has 6 N–H and O–H groups in total. The quantitative estimate of drug-likeness (QED) is 0.191. The minimum Gasteiger partial charge on any atom is -0.481 e. The maximum Gasteiger partial charge on any atom is 0.307 e. The number of aromatic amines is 2. The molecule has 3 aromatic heterocycles. The molecular weight excluding hydrogens is 520 g/mol. The van der Waals surface area contributed by atoms with Crippen LogP contribution in [0, 0.1) is 0 Å². The molecule has 3 aromatic rings. The van der Waals surface area contributed by atoms with Gasteiger partial charge < -0.3 is 30.4 Å². The first kappa shape index (κ1) is 26.1. The van der Waals surface area contributed by atoms with Crippen LogP contribution in [0.1, 0.15) is 46.7 Å². The Hall–Kier alpha value is -5.52. The summed E-state index contributed by atoms with van der Waals surface area (Å²) >= 11 is 0. The van der Waals surface area contributed by atoms with E-state index in [1.807, 2.05) is 12.1 Å². The minimum absolute atomic E-state index is 0.0278. The molecule has 5 heterocycles. The number of rotatable bonds is 8. The number of H-pyrrole nitrogens is 2. The molecule has 202 valence electrons. The number of nitrogens with one attached hydrogen (secondary N) is 2. The van der Waals surface area contributed by atoms with Crippen LogP contribution in [0.15, 0.2) is 36.4 Å². The van der Waals surface area contributed by atoms with Crippen LogP contribution in [0.3, 0.4) is 0 Å². The zero-order chi connectivity index (χ0) is 28.6. The fraction of sp³-hybridized carbons (Fsp3) is 0.143. The van der Waals surface area contributed by atoms with E-state index < -0.39 is 49.6 Å². The van der Waals surface area contributed by atoms with Crippen LogP contribution >= 0.6 is 0 Å². The van der Waals surface area contributed by atoms with Gasteiger partial charge in [-0.1, -0.05) is 0 Å². The monoisotopic (exact) mass is 542 g/mol. The Kier molecular flexibility index (Phi) is 6.74. The first-order valence-electron chi connectivity index (χ1n) is 12.1. The van der Waals surface area contributed by atoms with Crippen LogP contribution in [0.25, 0.3) is 45.4 Å². The Bertz CT molecular complexity index is 1830. The second kappa shape index (κ2) is 10.3. The second-order valence-corrected chi connectivity index (χ2v) is 9.29. The van der Waals surface area contributed by atoms with Crippen molar-refractivity contribution in [3.05, 3.63) is 70.3 Å². The van der Waals surface area contributed by atoms with Crippen LogP contribution in [0.5, 0.6) is 0 Å². The summed E-state index contributed by atoms with van der Waals surface area (Å²) in [6.45, 7) is 0. The number of hydrogen-bond acceptors (Lipinski definition) is 6. The van der Waals surface area contributed by atoms with Gasteiger partial charge >= 0.3 is 23.9 Å². The van der Waals surface area contributed by atoms with Crippen LogP contribution in [-0.4, -0.2) is 64.2 Å². The Morgan fingerprint density at radius 3 is 1.88 bits per heavy atom. The number of aromatic nitrogens is 4. The van der Waals surface area contributed by atoms with Crippen molar-refractivity contribution >= 4 is 69.2 Å². The van der Waals surface area contributed by atoms with Gasteiger partial charge in [-0.3, -0.25) is 19.2 Å². The number of carbonyl (C=O) groups is 4. The number of nitrogens with zero attached hydrogens (tertiary/aromatic N) is 2. The molecule has 40 heavy (non-hydrogen) atoms. The van der Waals surface area contributed by atoms with Gasteiger partial charge in [-0.2, -0.15) is 0 Å². The van der Waals surface area contributed by atoms with Crippen molar-refractivity contribution in [2.75, 3.05) is 0 Å². The standard InChI is InChI=1S/C28H22N4O8/c33-23(34)6-13-5-18-8-16-2-1-14(29-16)7-15-3-4-17(30-15)9-22-19(10-24(35)36)20(11-25(37)38)28(32-22)21(12-26(39)40)27(13)31-18/h1-5,7-9,29,31H,6,10-12H2,(H,33,34)(H,35,36)(H,37,38)(H,39,40). The average molecular weight is 543 g/mol. The summed E-state index contributed by atoms with van der Waals surface area (Å²) < 4.78 is 0. The summed E-state index contributed by atoms with van der Waals surface area (Å²) in [7, 11) is 0. The van der Waals surface area contributed by atoms with E-state index in [1.165, 1.54) is 6.07 Å². The summed E-state index contributed by atoms with van der Waals surface area (Å²) in [5.41, 5.74) is 3.62. The Labute approximate surface area is 225 Å². The van der Waals surface area contributed by atoms with Gasteiger partial charge in [0.2, 0.25) is 0 Å². The van der Waals surface area contributed by atoms with E-state index >= 15 is 0 Å². The number of aliphatic carboxylic acids is 4. The van der Waals surface area contributed by atoms with Crippen LogP contribution in [-0.2, 0) is 32.0 Å². The predicted octanol–water partition coefficient (Wildman–Crippen LogP) is 3.60. The molecular formula is C28H22N4O8. The Balaban J connectivity index is 1.99. The third kappa shape index (κ3) is 5.50. The predicted molar refractivity (Wildman–Crippen MR) is 144 cm³/mol. The molecule has 0 aromatic carbocycles. The average Bonchev–Trinajstić information content (AvgIpc) is 3.62. The number of carboxylic acid groups (broad SMARTS) is 4. The molecule has 2 aliphatic rings. The third-order valence-electron chi connectivity index (χ3n) is 6.34. The van der Waals surface area contributed by atoms with Gasteiger partial charge in [0.1, 0.15) is 0 Å². The van der Waals surface area contributed by atoms with Crippen LogP contribution in [0.4, 0.5) is 0 Å². The van der Waals surface area contributed by atoms with Crippen molar-refractivity contribution in [3.63, 3.8) is 0 Å². The van der Waals surface area contributed by atoms with Gasteiger partial charge in [0, 0.05) is 27.6 Å². The number of fused-ring (bicyclic) bond motifs is 8. The largest absolute Gasteiger partial charge is 0.481 e. The normalized spacial score (nSPS) is 12.5. The summed E-state index contributed by atoms with van der Waals surface area (Å²) in [6.07, 6.45) is 1.15. The molecule has 0 aliphatic carbocycles. The van der Waals surface area contributed by atoms with Crippen molar-refractivity contribution in [2.24, 2.45) is 0 Å². The zero-order valence-electron chi connectivity index (χ0n) is 20.8. The lowest BCUT2D eigenvalue weighted by molar-refractivity contribution is -0.137. The molecule has 5 rings (SSSR count). The lowest BCUT2D eigenvalue weighted by atomic mass is 9.95. The molecule has 12 heteroatoms. The second-order valence-electron chi connectivity index (χ2n) is 9.29. The van der Waals surface area contributed by atoms with Crippen molar-refractivity contribution in [3.8, 4) is 0 Å². The first-order valence-corrected chi connectivity index (χ1v) is 12.1. The van der Waals surface area contributed by atoms with Crippen molar-refractivity contribution in [1.29, 1.82) is 0 Å². The molecule has 0 saturated heterocycles. The molecule has 8 bridgehead atoms. The highest BCUT2D eigenvalue weighted by Crippen LogP contribution is 2.38. The van der Waals surface area contributed by atoms with E-state index in [-0.39, 0.29) is 39.2 Å². The van der Waals surface area contributed by atoms with Crippen molar-refractivity contribution < 1.29 is 39.6 Å². The summed E-state index contributed by atoms with van der Waals surface area (Å²) in [5, 5.41) is 38.7. The lowest BCUT2D eigenvalue weighted by Gasteiger charge is -2.08. The van der Waals surface area contributed by atoms with Gasteiger partial charge in [-0.15, -0.1) is 0 Å². The van der Waals surface area contributed by atoms with Crippen LogP contribution in [0.2, 0.25) is 0 Å². The number of hydrogen-bond donors (Lipinski definition) is 6. The van der Waals surface area contributed by atoms with E-state index in [2.05, 4.69) is 19.9 Å². The molecule has 0 unspecified atom stereocenters. The minimum atomic E-state index is -1.27. The number of carboxylic acids is 4. The van der Waals surface area contributed by atoms with Crippen molar-refractivity contribution in [1.82, 2.24) is 19.9 Å². The highest BCUT2D eigenvalue weighted by molar-refractivity contribution is 6.04. The smallest absolute Gasteiger partial charge is 0.307 e. The highest BCUT2D eigenvalue weighted by Gasteiger charge is 2.28. The van der Waals surface area contributed by atoms with E-state index in [0.717, 1.165) is 5.52 Å². The molecule has 0 radical (unpaired) electrons. The summed E-state index contributed by atoms with van der Waals surface area (Å²) in [6, 6.07) is 10.2. The highest BCUT2D eigenvalue weighted by atomic mass is 16.4. The fourth-order valence-electron chi connectivity index (χ4n) is 4.84. The molecule has 0 saturated carbocycles. The van der Waals surface area contributed by atoms with Gasteiger partial charge in [0.25, 0.3) is 0 Å². The lowest BCUT2D eigenvalue weighted by Crippen LogP contribution is -2.07. The zero-order valence-corrected chi connectivity index (χ0v) is 20.8. The third-order valence-corrected chi connectivity index (χ3v) is 6.34. The molecule has 0 amide bonds. The van der Waals surface area contributed by atoms with Crippen molar-refractivity contribution in [2.45, 2.75) is 25.7 Å². The van der Waals surface area contributed by atoms with Crippen LogP contribution < -0.4 is 0 Å². The Morgan fingerprint density at radius 1 is 0.625 bits per heavy atom. The van der Waals surface area contributed by atoms with Gasteiger partial charge in [-0.25, -0.2) is 9.97 Å². The van der Waals surface area contributed by atoms with Gasteiger partial charge in [-0.05, 0) is 65.3 Å². The van der Waals surface area contributed by atoms with E-state index in [9.17, 15) is 39.6 Å². The molecule has 0 spiro atoms. The maximum atomic E-state index is 12.0. The molecule has 2 aliphatic heterocycles. The van der Waals surface area contributed by atoms with E-state index in [0.29, 0.717) is 22.4 Å². The molecule has 0 atom stereocenters. The first-order chi connectivity index (χ1) is 19.0. The molecule has 0 fully saturated rings. The fourth-order valence-corrected chi connectivity index (χ4v) is 4.84. The van der Waals surface area contributed by atoms with E-state index in [4.69, 9.17) is 0 Å². The Morgan fingerprint density at radius 2 is 1.23 bits per heavy atom. The van der Waals surface area contributed by atoms with Gasteiger partial charge in [0.15, 0.2) is 0 Å². The SMILES string of the molecule is O=C(O)CC1=C(CC(=O)O)c2nc1cc1nc(cc3ccc(cc4cc(CC(=O)O)c([nH]4)c2CC(=O)O)[nH]3)C=C1. The topological polar surface area (TPSA) is 207 Å².